The maximum Gasteiger partial charge on any atom is 0.276 e. The molecule has 1 unspecified atom stereocenters. The SMILES string of the molecule is CCCc1cc(C(=O)N2CCCC2c2ncc3c(n2)CCN(C(C)=O)C3)no1. The summed E-state index contributed by atoms with van der Waals surface area (Å²) in [4.78, 5) is 37.5. The van der Waals surface area contributed by atoms with E-state index in [1.165, 1.54) is 0 Å². The van der Waals surface area contributed by atoms with Gasteiger partial charge in [0.05, 0.1) is 11.7 Å². The van der Waals surface area contributed by atoms with Crippen LogP contribution in [0.5, 0.6) is 0 Å². The molecule has 4 heterocycles. The highest BCUT2D eigenvalue weighted by atomic mass is 16.5. The molecule has 0 aromatic carbocycles. The van der Waals surface area contributed by atoms with E-state index < -0.39 is 0 Å². The zero-order chi connectivity index (χ0) is 19.7. The van der Waals surface area contributed by atoms with Gasteiger partial charge in [0.2, 0.25) is 5.91 Å². The predicted molar refractivity (Wildman–Crippen MR) is 100 cm³/mol. The maximum absolute atomic E-state index is 13.0. The van der Waals surface area contributed by atoms with Crippen LogP contribution in [0, 0.1) is 0 Å². The molecular weight excluding hydrogens is 358 g/mol. The Labute approximate surface area is 163 Å². The molecule has 2 aromatic heterocycles. The molecule has 8 heteroatoms. The van der Waals surface area contributed by atoms with Crippen molar-refractivity contribution in [3.63, 3.8) is 0 Å². The van der Waals surface area contributed by atoms with Crippen LogP contribution in [0.15, 0.2) is 16.8 Å². The van der Waals surface area contributed by atoms with Gasteiger partial charge in [0.15, 0.2) is 11.5 Å². The second-order valence-electron chi connectivity index (χ2n) is 7.48. The molecule has 0 spiro atoms. The van der Waals surface area contributed by atoms with Gasteiger partial charge in [0.25, 0.3) is 5.91 Å². The van der Waals surface area contributed by atoms with E-state index in [0.29, 0.717) is 31.2 Å². The van der Waals surface area contributed by atoms with Crippen LogP contribution < -0.4 is 0 Å². The predicted octanol–water partition coefficient (Wildman–Crippen LogP) is 2.30. The van der Waals surface area contributed by atoms with Crippen LogP contribution >= 0.6 is 0 Å². The quantitative estimate of drug-likeness (QED) is 0.804. The van der Waals surface area contributed by atoms with Crippen LogP contribution in [0.2, 0.25) is 0 Å². The van der Waals surface area contributed by atoms with Crippen LogP contribution in [0.1, 0.15) is 72.5 Å². The zero-order valence-corrected chi connectivity index (χ0v) is 16.3. The van der Waals surface area contributed by atoms with E-state index in [2.05, 4.69) is 17.1 Å². The molecule has 148 valence electrons. The van der Waals surface area contributed by atoms with E-state index >= 15 is 0 Å². The third kappa shape index (κ3) is 3.50. The van der Waals surface area contributed by atoms with Gasteiger partial charge in [-0.05, 0) is 19.3 Å². The van der Waals surface area contributed by atoms with Gasteiger partial charge in [-0.25, -0.2) is 9.97 Å². The number of aryl methyl sites for hydroxylation is 1. The number of likely N-dealkylation sites (tertiary alicyclic amines) is 1. The molecule has 1 atom stereocenters. The van der Waals surface area contributed by atoms with Crippen LogP contribution in [0.4, 0.5) is 0 Å². The van der Waals surface area contributed by atoms with Gasteiger partial charge < -0.3 is 14.3 Å². The van der Waals surface area contributed by atoms with E-state index in [4.69, 9.17) is 9.51 Å². The molecule has 0 N–H and O–H groups in total. The fourth-order valence-electron chi connectivity index (χ4n) is 3.96. The molecule has 2 amide bonds. The van der Waals surface area contributed by atoms with Gasteiger partial charge in [-0.1, -0.05) is 12.1 Å². The van der Waals surface area contributed by atoms with Gasteiger partial charge in [0, 0.05) is 57.2 Å². The Morgan fingerprint density at radius 3 is 2.96 bits per heavy atom. The lowest BCUT2D eigenvalue weighted by molar-refractivity contribution is -0.129. The van der Waals surface area contributed by atoms with Crippen LogP contribution in [0.25, 0.3) is 0 Å². The van der Waals surface area contributed by atoms with Crippen molar-refractivity contribution in [1.82, 2.24) is 24.9 Å². The number of amides is 2. The molecule has 28 heavy (non-hydrogen) atoms. The van der Waals surface area contributed by atoms with Gasteiger partial charge in [0.1, 0.15) is 5.76 Å². The summed E-state index contributed by atoms with van der Waals surface area (Å²) in [6.45, 7) is 5.53. The molecule has 4 rings (SSSR count). The average molecular weight is 383 g/mol. The third-order valence-corrected chi connectivity index (χ3v) is 5.48. The summed E-state index contributed by atoms with van der Waals surface area (Å²) in [7, 11) is 0. The van der Waals surface area contributed by atoms with E-state index in [-0.39, 0.29) is 17.9 Å². The molecule has 2 aromatic rings. The van der Waals surface area contributed by atoms with Gasteiger partial charge >= 0.3 is 0 Å². The first kappa shape index (κ1) is 18.6. The second-order valence-corrected chi connectivity index (χ2v) is 7.48. The first-order valence-electron chi connectivity index (χ1n) is 9.93. The number of rotatable bonds is 4. The number of hydrogen-bond donors (Lipinski definition) is 0. The summed E-state index contributed by atoms with van der Waals surface area (Å²) in [6.07, 6.45) is 5.99. The minimum Gasteiger partial charge on any atom is -0.361 e. The number of nitrogens with zero attached hydrogens (tertiary/aromatic N) is 5. The molecule has 2 aliphatic rings. The largest absolute Gasteiger partial charge is 0.361 e. The topological polar surface area (TPSA) is 92.4 Å². The van der Waals surface area contributed by atoms with Crippen molar-refractivity contribution in [2.75, 3.05) is 13.1 Å². The zero-order valence-electron chi connectivity index (χ0n) is 16.3. The number of aromatic nitrogens is 3. The summed E-state index contributed by atoms with van der Waals surface area (Å²) in [5.74, 6) is 1.36. The van der Waals surface area contributed by atoms with Crippen molar-refractivity contribution >= 4 is 11.8 Å². The van der Waals surface area contributed by atoms with E-state index in [1.54, 1.807) is 22.8 Å². The van der Waals surface area contributed by atoms with Crippen LogP contribution in [0.3, 0.4) is 0 Å². The molecule has 0 bridgehead atoms. The summed E-state index contributed by atoms with van der Waals surface area (Å²) >= 11 is 0. The van der Waals surface area contributed by atoms with Gasteiger partial charge in [-0.2, -0.15) is 0 Å². The Bertz CT molecular complexity index is 894. The van der Waals surface area contributed by atoms with Gasteiger partial charge in [-0.15, -0.1) is 0 Å². The lowest BCUT2D eigenvalue weighted by Gasteiger charge is -2.28. The summed E-state index contributed by atoms with van der Waals surface area (Å²) in [5, 5.41) is 3.96. The molecular formula is C20H25N5O3. The lowest BCUT2D eigenvalue weighted by atomic mass is 10.1. The smallest absolute Gasteiger partial charge is 0.276 e. The average Bonchev–Trinajstić information content (AvgIpc) is 3.36. The molecule has 0 aliphatic carbocycles. The minimum absolute atomic E-state index is 0.0670. The van der Waals surface area contributed by atoms with Crippen LogP contribution in [-0.2, 0) is 24.2 Å². The second kappa shape index (κ2) is 7.69. The minimum atomic E-state index is -0.144. The van der Waals surface area contributed by atoms with Crippen molar-refractivity contribution in [3.05, 3.63) is 40.8 Å². The molecule has 8 nitrogen and oxygen atoms in total. The first-order chi connectivity index (χ1) is 13.6. The Kier molecular flexibility index (Phi) is 5.11. The Morgan fingerprint density at radius 1 is 1.32 bits per heavy atom. The highest BCUT2D eigenvalue weighted by Gasteiger charge is 2.34. The van der Waals surface area contributed by atoms with Crippen molar-refractivity contribution in [2.45, 2.75) is 58.5 Å². The normalized spacial score (nSPS) is 19.0. The lowest BCUT2D eigenvalue weighted by Crippen LogP contribution is -2.36. The number of carbonyl (C=O) groups excluding carboxylic acids is 2. The molecule has 1 fully saturated rings. The highest BCUT2D eigenvalue weighted by molar-refractivity contribution is 5.92. The fourth-order valence-corrected chi connectivity index (χ4v) is 3.96. The van der Waals surface area contributed by atoms with E-state index in [1.807, 2.05) is 6.20 Å². The molecule has 0 radical (unpaired) electrons. The summed E-state index contributed by atoms with van der Waals surface area (Å²) < 4.78 is 5.27. The summed E-state index contributed by atoms with van der Waals surface area (Å²) in [5.41, 5.74) is 2.32. The van der Waals surface area contributed by atoms with Gasteiger partial charge in [-0.3, -0.25) is 9.59 Å². The van der Waals surface area contributed by atoms with Crippen LogP contribution in [-0.4, -0.2) is 49.8 Å². The third-order valence-electron chi connectivity index (χ3n) is 5.48. The van der Waals surface area contributed by atoms with E-state index in [9.17, 15) is 9.59 Å². The van der Waals surface area contributed by atoms with Crippen molar-refractivity contribution < 1.29 is 14.1 Å². The van der Waals surface area contributed by atoms with E-state index in [0.717, 1.165) is 49.1 Å². The number of fused-ring (bicyclic) bond motifs is 1. The van der Waals surface area contributed by atoms with Crippen molar-refractivity contribution in [2.24, 2.45) is 0 Å². The first-order valence-corrected chi connectivity index (χ1v) is 9.93. The maximum atomic E-state index is 13.0. The Hall–Kier alpha value is -2.77. The Balaban J connectivity index is 1.53. The molecule has 0 saturated carbocycles. The standard InChI is InChI=1S/C20H25N5O3/c1-3-5-15-10-17(23-28-15)20(27)25-8-4-6-18(25)19-21-11-14-12-24(13(2)26)9-7-16(14)22-19/h10-11,18H,3-9,12H2,1-2H3. The molecule has 2 aliphatic heterocycles. The van der Waals surface area contributed by atoms with Crippen molar-refractivity contribution in [3.8, 4) is 0 Å². The van der Waals surface area contributed by atoms with Crippen molar-refractivity contribution in [1.29, 1.82) is 0 Å². The monoisotopic (exact) mass is 383 g/mol. The fraction of sp³-hybridized carbons (Fsp3) is 0.550. The highest BCUT2D eigenvalue weighted by Crippen LogP contribution is 2.32. The summed E-state index contributed by atoms with van der Waals surface area (Å²) in [6, 6.07) is 1.60. The number of carbonyl (C=O) groups is 2. The molecule has 1 saturated heterocycles. The number of hydrogen-bond acceptors (Lipinski definition) is 6. The Morgan fingerprint density at radius 2 is 2.18 bits per heavy atom.